The zero-order chi connectivity index (χ0) is 41.4. The summed E-state index contributed by atoms with van der Waals surface area (Å²) in [6.45, 7) is 20.3. The SMILES string of the molecule is C=C1C[C@@]2(O)C3CC[C@]4(C)C(CC[C@@]5(C(C)OC(=O)c6ccccc6C)COC(=O)C=C[C@H]54)[C@@]3(C)[C@H](OC(C)=O)[C@H](OC(C)=O)[C@@]2(C)[C@]2(C(=O)OC)O[C@H]12.CC. The van der Waals surface area contributed by atoms with Crippen molar-refractivity contribution in [1.29, 1.82) is 0 Å². The lowest BCUT2D eigenvalue weighted by Gasteiger charge is -2.73. The van der Waals surface area contributed by atoms with Crippen LogP contribution in [0.25, 0.3) is 0 Å². The van der Waals surface area contributed by atoms with E-state index in [4.69, 9.17) is 28.4 Å². The van der Waals surface area contributed by atoms with Gasteiger partial charge in [0, 0.05) is 37.2 Å². The maximum atomic E-state index is 13.8. The third kappa shape index (κ3) is 5.47. The van der Waals surface area contributed by atoms with Gasteiger partial charge in [-0.25, -0.2) is 14.4 Å². The van der Waals surface area contributed by atoms with E-state index in [1.165, 1.54) is 27.0 Å². The molecule has 4 saturated carbocycles. The van der Waals surface area contributed by atoms with Gasteiger partial charge in [-0.15, -0.1) is 0 Å². The van der Waals surface area contributed by atoms with Crippen LogP contribution in [0.1, 0.15) is 103 Å². The van der Waals surface area contributed by atoms with Gasteiger partial charge in [0.25, 0.3) is 0 Å². The Bertz CT molecular complexity index is 1850. The molecule has 12 nitrogen and oxygen atoms in total. The monoisotopic (exact) mass is 778 g/mol. The number of epoxide rings is 1. The highest BCUT2D eigenvalue weighted by atomic mass is 16.7. The summed E-state index contributed by atoms with van der Waals surface area (Å²) in [5.41, 5.74) is -5.89. The van der Waals surface area contributed by atoms with E-state index < -0.39 is 93.0 Å². The fourth-order valence-corrected chi connectivity index (χ4v) is 12.7. The van der Waals surface area contributed by atoms with E-state index in [0.717, 1.165) is 5.56 Å². The quantitative estimate of drug-likeness (QED) is 0.155. The van der Waals surface area contributed by atoms with E-state index in [9.17, 15) is 29.1 Å². The molecule has 0 bridgehead atoms. The predicted molar refractivity (Wildman–Crippen MR) is 203 cm³/mol. The molecule has 0 radical (unpaired) electrons. The lowest BCUT2D eigenvalue weighted by Crippen LogP contribution is -2.82. The second kappa shape index (κ2) is 14.1. The summed E-state index contributed by atoms with van der Waals surface area (Å²) in [5.74, 6) is -4.29. The van der Waals surface area contributed by atoms with Crippen LogP contribution in [-0.2, 0) is 47.6 Å². The third-order valence-corrected chi connectivity index (χ3v) is 15.1. The molecule has 0 amide bonds. The van der Waals surface area contributed by atoms with Gasteiger partial charge in [-0.2, -0.15) is 0 Å². The fraction of sp³-hybridized carbons (Fsp3) is 0.659. The van der Waals surface area contributed by atoms with Crippen molar-refractivity contribution in [2.24, 2.45) is 39.4 Å². The van der Waals surface area contributed by atoms with Crippen molar-refractivity contribution in [2.45, 2.75) is 130 Å². The van der Waals surface area contributed by atoms with E-state index >= 15 is 0 Å². The molecule has 7 rings (SSSR count). The van der Waals surface area contributed by atoms with Crippen LogP contribution >= 0.6 is 0 Å². The molecule has 6 aliphatic rings. The van der Waals surface area contributed by atoms with E-state index in [2.05, 4.69) is 13.5 Å². The van der Waals surface area contributed by atoms with Crippen molar-refractivity contribution in [2.75, 3.05) is 13.7 Å². The van der Waals surface area contributed by atoms with Gasteiger partial charge in [-0.05, 0) is 86.8 Å². The maximum absolute atomic E-state index is 13.8. The molecule has 5 fully saturated rings. The van der Waals surface area contributed by atoms with Crippen LogP contribution in [-0.4, -0.2) is 84.3 Å². The Hall–Kier alpha value is -4.03. The zero-order valence-electron chi connectivity index (χ0n) is 34.4. The Labute approximate surface area is 329 Å². The Morgan fingerprint density at radius 3 is 2.21 bits per heavy atom. The lowest BCUT2D eigenvalue weighted by atomic mass is 9.32. The fourth-order valence-electron chi connectivity index (χ4n) is 12.7. The van der Waals surface area contributed by atoms with Crippen molar-refractivity contribution < 1.29 is 57.5 Å². The topological polar surface area (TPSA) is 164 Å². The zero-order valence-corrected chi connectivity index (χ0v) is 34.4. The maximum Gasteiger partial charge on any atom is 0.342 e. The summed E-state index contributed by atoms with van der Waals surface area (Å²) in [6, 6.07) is 7.21. The number of cyclic esters (lactones) is 1. The molecular weight excluding hydrogens is 720 g/mol. The number of methoxy groups -OCH3 is 1. The first-order chi connectivity index (χ1) is 26.3. The van der Waals surface area contributed by atoms with E-state index in [0.29, 0.717) is 36.8 Å². The minimum atomic E-state index is -1.74. The summed E-state index contributed by atoms with van der Waals surface area (Å²) in [6.07, 6.45) is 1.34. The first-order valence-corrected chi connectivity index (χ1v) is 19.9. The molecule has 4 aliphatic carbocycles. The average Bonchev–Trinajstić information content (AvgIpc) is 3.94. The Kier molecular flexibility index (Phi) is 10.5. The third-order valence-electron chi connectivity index (χ3n) is 15.1. The van der Waals surface area contributed by atoms with Crippen molar-refractivity contribution in [3.63, 3.8) is 0 Å². The number of esters is 5. The molecule has 1 aromatic carbocycles. The molecule has 0 aromatic heterocycles. The summed E-state index contributed by atoms with van der Waals surface area (Å²) in [4.78, 5) is 66.7. The summed E-state index contributed by atoms with van der Waals surface area (Å²) in [7, 11) is 1.24. The molecule has 56 heavy (non-hydrogen) atoms. The van der Waals surface area contributed by atoms with Crippen molar-refractivity contribution in [1.82, 2.24) is 0 Å². The Balaban J connectivity index is 0.00000262. The van der Waals surface area contributed by atoms with Crippen LogP contribution in [0.15, 0.2) is 48.6 Å². The summed E-state index contributed by atoms with van der Waals surface area (Å²) >= 11 is 0. The van der Waals surface area contributed by atoms with Crippen LogP contribution in [0.2, 0.25) is 0 Å². The predicted octanol–water partition coefficient (Wildman–Crippen LogP) is 6.00. The number of aryl methyl sites for hydroxylation is 1. The number of rotatable bonds is 6. The van der Waals surface area contributed by atoms with Crippen LogP contribution < -0.4 is 0 Å². The number of hydrogen-bond donors (Lipinski definition) is 1. The van der Waals surface area contributed by atoms with Crippen LogP contribution in [0.4, 0.5) is 0 Å². The van der Waals surface area contributed by atoms with E-state index in [-0.39, 0.29) is 24.9 Å². The number of benzene rings is 1. The largest absolute Gasteiger partial charge is 0.467 e. The molecule has 12 heteroatoms. The highest BCUT2D eigenvalue weighted by molar-refractivity contribution is 5.91. The first kappa shape index (κ1) is 41.6. The van der Waals surface area contributed by atoms with Crippen LogP contribution in [0.3, 0.4) is 0 Å². The van der Waals surface area contributed by atoms with Gasteiger partial charge in [0.15, 0.2) is 6.10 Å². The number of allylic oxidation sites excluding steroid dienone is 1. The average molecular weight is 779 g/mol. The first-order valence-electron chi connectivity index (χ1n) is 19.9. The normalized spacial score (nSPS) is 42.1. The number of carbonyl (C=O) groups is 5. The molecular formula is C44H58O12. The molecule has 2 aliphatic heterocycles. The Morgan fingerprint density at radius 2 is 1.59 bits per heavy atom. The van der Waals surface area contributed by atoms with Gasteiger partial charge in [-0.1, -0.05) is 58.5 Å². The second-order valence-corrected chi connectivity index (χ2v) is 17.3. The van der Waals surface area contributed by atoms with Gasteiger partial charge in [-0.3, -0.25) is 9.59 Å². The van der Waals surface area contributed by atoms with E-state index in [1.807, 2.05) is 52.8 Å². The summed E-state index contributed by atoms with van der Waals surface area (Å²) < 4.78 is 36.1. The van der Waals surface area contributed by atoms with Crippen molar-refractivity contribution >= 4 is 29.8 Å². The lowest BCUT2D eigenvalue weighted by molar-refractivity contribution is -0.336. The van der Waals surface area contributed by atoms with Crippen LogP contribution in [0.5, 0.6) is 0 Å². The standard InChI is InChI=1S/C42H52O12.C2H6/c1-22-12-10-11-13-27(22)35(46)51-24(3)40-19-17-28-37(6,29(40)14-15-31(45)50-21-40)18-16-30-38(28,7)33(52-25(4)43)34(53-26(5)44)39(8)41(30,48)20-23(2)32-42(39,54-32)36(47)49-9;1-2/h10-15,24,28-30,32-34,48H,2,16-21H2,1,3-9H3;1-2H3/t24?,28?,29-,30?,32+,33+,34-,37+,38+,39+,40-,41+,42-;/m0./s1. The minimum Gasteiger partial charge on any atom is -0.467 e. The number of aliphatic hydroxyl groups is 1. The van der Waals surface area contributed by atoms with Gasteiger partial charge in [0.05, 0.1) is 23.7 Å². The van der Waals surface area contributed by atoms with Crippen LogP contribution in [0, 0.1) is 46.3 Å². The molecule has 306 valence electrons. The van der Waals surface area contributed by atoms with Crippen molar-refractivity contribution in [3.05, 3.63) is 59.7 Å². The molecule has 3 unspecified atom stereocenters. The van der Waals surface area contributed by atoms with E-state index in [1.54, 1.807) is 19.1 Å². The van der Waals surface area contributed by atoms with Gasteiger partial charge in [0.2, 0.25) is 5.60 Å². The highest BCUT2D eigenvalue weighted by Gasteiger charge is 2.90. The number of ether oxygens (including phenoxy) is 6. The molecule has 1 N–H and O–H groups in total. The molecule has 2 heterocycles. The molecule has 1 aromatic rings. The molecule has 13 atom stereocenters. The van der Waals surface area contributed by atoms with Gasteiger partial charge in [0.1, 0.15) is 24.9 Å². The van der Waals surface area contributed by atoms with Gasteiger partial charge < -0.3 is 33.5 Å². The number of hydrogen-bond acceptors (Lipinski definition) is 12. The molecule has 0 spiro atoms. The number of carbonyl (C=O) groups excluding carboxylic acids is 5. The van der Waals surface area contributed by atoms with Crippen molar-refractivity contribution in [3.8, 4) is 0 Å². The second-order valence-electron chi connectivity index (χ2n) is 17.3. The minimum absolute atomic E-state index is 0.0137. The van der Waals surface area contributed by atoms with Gasteiger partial charge >= 0.3 is 29.8 Å². The highest BCUT2D eigenvalue weighted by Crippen LogP contribution is 2.78. The molecule has 1 saturated heterocycles. The Morgan fingerprint density at radius 1 is 0.964 bits per heavy atom. The smallest absolute Gasteiger partial charge is 0.342 e. The summed E-state index contributed by atoms with van der Waals surface area (Å²) in [5, 5.41) is 13.5. The number of fused-ring (bicyclic) bond motifs is 9.